The first-order valence-corrected chi connectivity index (χ1v) is 7.91. The zero-order valence-corrected chi connectivity index (χ0v) is 13.8. The minimum absolute atomic E-state index is 0.539. The number of hydrogen-bond donors (Lipinski definition) is 0. The first kappa shape index (κ1) is 17.3. The van der Waals surface area contributed by atoms with Gasteiger partial charge in [-0.3, -0.25) is 4.90 Å². The Morgan fingerprint density at radius 2 is 1.88 bits per heavy atom. The third kappa shape index (κ3) is 4.31. The van der Waals surface area contributed by atoms with E-state index in [9.17, 15) is 13.2 Å². The molecule has 0 spiro atoms. The minimum Gasteiger partial charge on any atom is -0.464 e. The molecule has 0 saturated carbocycles. The van der Waals surface area contributed by atoms with E-state index in [1.54, 1.807) is 18.4 Å². The van der Waals surface area contributed by atoms with Crippen LogP contribution in [0, 0.1) is 0 Å². The Morgan fingerprint density at radius 3 is 2.68 bits per heavy atom. The predicted octanol–water partition coefficient (Wildman–Crippen LogP) is 5.60. The smallest absolute Gasteiger partial charge is 0.416 e. The van der Waals surface area contributed by atoms with Crippen LogP contribution in [0.15, 0.2) is 65.3 Å². The van der Waals surface area contributed by atoms with Crippen LogP contribution in [0.4, 0.5) is 13.2 Å². The van der Waals surface area contributed by atoms with Gasteiger partial charge in [-0.05, 0) is 30.8 Å². The second-order valence-electron chi connectivity index (χ2n) is 5.98. The highest BCUT2D eigenvalue weighted by Gasteiger charge is 2.30. The summed E-state index contributed by atoms with van der Waals surface area (Å²) in [7, 11) is 1.96. The van der Waals surface area contributed by atoms with Gasteiger partial charge in [0.2, 0.25) is 0 Å². The van der Waals surface area contributed by atoms with Crippen LogP contribution in [0.25, 0.3) is 17.0 Å². The molecule has 2 nitrogen and oxygen atoms in total. The summed E-state index contributed by atoms with van der Waals surface area (Å²) in [6.07, 6.45) is 0.998. The van der Waals surface area contributed by atoms with Crippen molar-refractivity contribution in [2.24, 2.45) is 0 Å². The Hall–Kier alpha value is -2.53. The summed E-state index contributed by atoms with van der Waals surface area (Å²) in [6, 6.07) is 13.1. The molecule has 2 aromatic carbocycles. The maximum atomic E-state index is 12.7. The van der Waals surface area contributed by atoms with E-state index in [-0.39, 0.29) is 0 Å². The van der Waals surface area contributed by atoms with Crippen molar-refractivity contribution in [3.05, 3.63) is 77.6 Å². The fourth-order valence-electron chi connectivity index (χ4n) is 2.70. The van der Waals surface area contributed by atoms with Gasteiger partial charge in [0, 0.05) is 24.0 Å². The van der Waals surface area contributed by atoms with Gasteiger partial charge < -0.3 is 4.42 Å². The van der Waals surface area contributed by atoms with Crippen LogP contribution in [0.1, 0.15) is 16.7 Å². The first-order chi connectivity index (χ1) is 11.9. The molecular formula is C20H18F3NO. The highest BCUT2D eigenvalue weighted by atomic mass is 19.4. The van der Waals surface area contributed by atoms with E-state index in [1.807, 2.05) is 37.4 Å². The Kier molecular flexibility index (Phi) is 4.95. The monoisotopic (exact) mass is 345 g/mol. The lowest BCUT2D eigenvalue weighted by Gasteiger charge is -2.13. The van der Waals surface area contributed by atoms with Crippen molar-refractivity contribution in [3.8, 4) is 0 Å². The number of benzene rings is 2. The van der Waals surface area contributed by atoms with E-state index in [0.717, 1.165) is 28.7 Å². The van der Waals surface area contributed by atoms with Gasteiger partial charge in [0.1, 0.15) is 5.58 Å². The summed E-state index contributed by atoms with van der Waals surface area (Å²) in [6.45, 7) is 1.32. The number of nitrogens with zero attached hydrogens (tertiary/aromatic N) is 1. The van der Waals surface area contributed by atoms with Crippen LogP contribution < -0.4 is 0 Å². The van der Waals surface area contributed by atoms with Gasteiger partial charge >= 0.3 is 6.18 Å². The second-order valence-corrected chi connectivity index (χ2v) is 5.98. The third-order valence-corrected chi connectivity index (χ3v) is 3.94. The summed E-state index contributed by atoms with van der Waals surface area (Å²) < 4.78 is 43.7. The van der Waals surface area contributed by atoms with Crippen molar-refractivity contribution in [1.82, 2.24) is 4.90 Å². The van der Waals surface area contributed by atoms with Crippen LogP contribution >= 0.6 is 0 Å². The molecule has 0 fully saturated rings. The molecule has 0 aliphatic rings. The molecule has 0 atom stereocenters. The van der Waals surface area contributed by atoms with Gasteiger partial charge in [0.05, 0.1) is 11.8 Å². The first-order valence-electron chi connectivity index (χ1n) is 7.91. The largest absolute Gasteiger partial charge is 0.464 e. The molecule has 1 aromatic heterocycles. The Bertz CT molecular complexity index is 880. The summed E-state index contributed by atoms with van der Waals surface area (Å²) in [5, 5.41) is 1.08. The van der Waals surface area contributed by atoms with E-state index >= 15 is 0 Å². The maximum absolute atomic E-state index is 12.7. The maximum Gasteiger partial charge on any atom is 0.416 e. The lowest BCUT2D eigenvalue weighted by atomic mass is 10.1. The molecule has 1 heterocycles. The molecule has 3 aromatic rings. The van der Waals surface area contributed by atoms with Crippen LogP contribution in [0.3, 0.4) is 0 Å². The predicted molar refractivity (Wildman–Crippen MR) is 93.0 cm³/mol. The van der Waals surface area contributed by atoms with Gasteiger partial charge in [0.25, 0.3) is 0 Å². The number of furan rings is 1. The number of likely N-dealkylation sites (N-methyl/N-ethyl adjacent to an activating group) is 1. The van der Waals surface area contributed by atoms with Crippen molar-refractivity contribution >= 4 is 17.0 Å². The van der Waals surface area contributed by atoms with Crippen LogP contribution in [-0.2, 0) is 12.7 Å². The molecule has 5 heteroatoms. The van der Waals surface area contributed by atoms with Gasteiger partial charge in [0.15, 0.2) is 0 Å². The fraction of sp³-hybridized carbons (Fsp3) is 0.200. The summed E-state index contributed by atoms with van der Waals surface area (Å²) in [4.78, 5) is 2.07. The number of rotatable bonds is 5. The number of halogens is 3. The normalized spacial score (nSPS) is 12.5. The molecule has 130 valence electrons. The topological polar surface area (TPSA) is 16.4 Å². The summed E-state index contributed by atoms with van der Waals surface area (Å²) in [5.41, 5.74) is 1.85. The Balaban J connectivity index is 1.62. The molecule has 3 rings (SSSR count). The van der Waals surface area contributed by atoms with Gasteiger partial charge in [-0.2, -0.15) is 13.2 Å². The number of alkyl halides is 3. The molecule has 0 N–H and O–H groups in total. The molecular weight excluding hydrogens is 327 g/mol. The van der Waals surface area contributed by atoms with E-state index < -0.39 is 11.7 Å². The molecule has 25 heavy (non-hydrogen) atoms. The van der Waals surface area contributed by atoms with Crippen molar-refractivity contribution < 1.29 is 17.6 Å². The van der Waals surface area contributed by atoms with E-state index in [2.05, 4.69) is 4.90 Å². The highest BCUT2D eigenvalue weighted by Crippen LogP contribution is 2.29. The minimum atomic E-state index is -4.32. The lowest BCUT2D eigenvalue weighted by Crippen LogP contribution is -2.17. The van der Waals surface area contributed by atoms with Crippen LogP contribution in [0.2, 0.25) is 0 Å². The standard InChI is InChI=1S/C20H18F3NO/c1-24(13-16-14-25-19-10-3-2-9-18(16)19)11-5-7-15-6-4-8-17(12-15)20(21,22)23/h2-10,12,14H,11,13H2,1H3. The molecule has 0 bridgehead atoms. The van der Waals surface area contributed by atoms with Gasteiger partial charge in [-0.15, -0.1) is 0 Å². The SMILES string of the molecule is CN(CC=Cc1cccc(C(F)(F)F)c1)Cc1coc2ccccc12. The molecule has 0 aliphatic heterocycles. The fourth-order valence-corrected chi connectivity index (χ4v) is 2.70. The molecule has 0 unspecified atom stereocenters. The van der Waals surface area contributed by atoms with Crippen molar-refractivity contribution in [2.45, 2.75) is 12.7 Å². The molecule has 0 radical (unpaired) electrons. The summed E-state index contributed by atoms with van der Waals surface area (Å²) in [5.74, 6) is 0. The molecule has 0 saturated heterocycles. The zero-order chi connectivity index (χ0) is 17.9. The van der Waals surface area contributed by atoms with Gasteiger partial charge in [-0.25, -0.2) is 0 Å². The number of fused-ring (bicyclic) bond motifs is 1. The van der Waals surface area contributed by atoms with Crippen molar-refractivity contribution in [2.75, 3.05) is 13.6 Å². The Morgan fingerprint density at radius 1 is 1.08 bits per heavy atom. The molecule has 0 amide bonds. The third-order valence-electron chi connectivity index (χ3n) is 3.94. The second kappa shape index (κ2) is 7.15. The quantitative estimate of drug-likeness (QED) is 0.599. The highest BCUT2D eigenvalue weighted by molar-refractivity contribution is 5.80. The Labute approximate surface area is 144 Å². The van der Waals surface area contributed by atoms with E-state index in [1.165, 1.54) is 6.07 Å². The average Bonchev–Trinajstić information content (AvgIpc) is 2.98. The van der Waals surface area contributed by atoms with E-state index in [4.69, 9.17) is 4.42 Å². The zero-order valence-electron chi connectivity index (χ0n) is 13.8. The number of hydrogen-bond acceptors (Lipinski definition) is 2. The average molecular weight is 345 g/mol. The van der Waals surface area contributed by atoms with Crippen molar-refractivity contribution in [1.29, 1.82) is 0 Å². The van der Waals surface area contributed by atoms with Crippen LogP contribution in [-0.4, -0.2) is 18.5 Å². The van der Waals surface area contributed by atoms with Crippen LogP contribution in [0.5, 0.6) is 0 Å². The summed E-state index contributed by atoms with van der Waals surface area (Å²) >= 11 is 0. The lowest BCUT2D eigenvalue weighted by molar-refractivity contribution is -0.137. The van der Waals surface area contributed by atoms with Crippen molar-refractivity contribution in [3.63, 3.8) is 0 Å². The number of para-hydroxylation sites is 1. The van der Waals surface area contributed by atoms with E-state index in [0.29, 0.717) is 18.7 Å². The van der Waals surface area contributed by atoms with Gasteiger partial charge in [-0.1, -0.05) is 42.5 Å². The molecule has 0 aliphatic carbocycles.